The maximum atomic E-state index is 13.3. The van der Waals surface area contributed by atoms with Crippen LogP contribution in [0, 0.1) is 0 Å². The van der Waals surface area contributed by atoms with Gasteiger partial charge < -0.3 is 20.1 Å². The maximum Gasteiger partial charge on any atom is 0.339 e. The molecule has 1 aromatic heterocycles. The van der Waals surface area contributed by atoms with Crippen LogP contribution in [-0.4, -0.2) is 26.5 Å². The van der Waals surface area contributed by atoms with Crippen molar-refractivity contribution < 1.29 is 19.8 Å². The Morgan fingerprint density at radius 2 is 1.65 bits per heavy atom. The second-order valence-corrected chi connectivity index (χ2v) is 7.35. The number of carboxylic acid groups (broad SMARTS) is 1. The van der Waals surface area contributed by atoms with E-state index in [1.165, 1.54) is 22.8 Å². The van der Waals surface area contributed by atoms with Crippen LogP contribution >= 0.6 is 0 Å². The summed E-state index contributed by atoms with van der Waals surface area (Å²) in [6.07, 6.45) is 0. The van der Waals surface area contributed by atoms with E-state index in [4.69, 9.17) is 0 Å². The summed E-state index contributed by atoms with van der Waals surface area (Å²) < 4.78 is 1.46. The molecule has 0 spiro atoms. The number of hydrogen-bond donors (Lipinski definition) is 3. The van der Waals surface area contributed by atoms with Gasteiger partial charge in [-0.3, -0.25) is 9.59 Å². The van der Waals surface area contributed by atoms with Crippen LogP contribution in [0.25, 0.3) is 22.0 Å². The summed E-state index contributed by atoms with van der Waals surface area (Å²) in [5.74, 6) is -1.77. The van der Waals surface area contributed by atoms with Gasteiger partial charge in [0.2, 0.25) is 0 Å². The number of nitrogens with zero attached hydrogens (tertiary/aromatic N) is 1. The summed E-state index contributed by atoms with van der Waals surface area (Å²) in [7, 11) is 1.63. The van der Waals surface area contributed by atoms with E-state index < -0.39 is 5.97 Å². The van der Waals surface area contributed by atoms with Crippen molar-refractivity contribution in [2.24, 2.45) is 7.05 Å². The van der Waals surface area contributed by atoms with Crippen LogP contribution in [0.3, 0.4) is 0 Å². The molecule has 5 rings (SSSR count). The number of benzene rings is 3. The minimum absolute atomic E-state index is 0.115. The summed E-state index contributed by atoms with van der Waals surface area (Å²) in [6.45, 7) is 0. The van der Waals surface area contributed by atoms with E-state index in [0.29, 0.717) is 38.8 Å². The Morgan fingerprint density at radius 1 is 0.935 bits per heavy atom. The lowest BCUT2D eigenvalue weighted by molar-refractivity contribution is 0.0693. The number of fused-ring (bicyclic) bond motifs is 2. The predicted molar refractivity (Wildman–Crippen MR) is 116 cm³/mol. The van der Waals surface area contributed by atoms with E-state index >= 15 is 0 Å². The first kappa shape index (κ1) is 18.6. The largest absolute Gasteiger partial charge is 0.507 e. The summed E-state index contributed by atoms with van der Waals surface area (Å²) in [5, 5.41) is 22.8. The first-order valence-corrected chi connectivity index (χ1v) is 9.51. The Hall–Kier alpha value is -4.39. The summed E-state index contributed by atoms with van der Waals surface area (Å²) in [5.41, 5.74) is 2.79. The molecule has 0 saturated carbocycles. The fourth-order valence-electron chi connectivity index (χ4n) is 4.14. The molecule has 4 aromatic rings. The van der Waals surface area contributed by atoms with Gasteiger partial charge in [0.05, 0.1) is 5.52 Å². The summed E-state index contributed by atoms with van der Waals surface area (Å²) in [4.78, 5) is 37.9. The number of pyridine rings is 1. The number of aromatic nitrogens is 1. The Balaban J connectivity index is 1.86. The number of carbonyl (C=O) groups excluding carboxylic acids is 1. The monoisotopic (exact) mass is 412 g/mol. The van der Waals surface area contributed by atoms with Gasteiger partial charge in [-0.15, -0.1) is 0 Å². The molecule has 3 N–H and O–H groups in total. The minimum atomic E-state index is -1.29. The molecule has 1 aliphatic rings. The maximum absolute atomic E-state index is 13.3. The fourth-order valence-corrected chi connectivity index (χ4v) is 4.14. The second-order valence-electron chi connectivity index (χ2n) is 7.35. The van der Waals surface area contributed by atoms with E-state index in [9.17, 15) is 24.6 Å². The number of hydrogen-bond acceptors (Lipinski definition) is 5. The average molecular weight is 412 g/mol. The lowest BCUT2D eigenvalue weighted by Crippen LogP contribution is -2.24. The highest BCUT2D eigenvalue weighted by Crippen LogP contribution is 2.42. The Bertz CT molecular complexity index is 1500. The van der Waals surface area contributed by atoms with Crippen molar-refractivity contribution in [3.63, 3.8) is 0 Å². The van der Waals surface area contributed by atoms with Gasteiger partial charge in [-0.1, -0.05) is 36.4 Å². The molecule has 1 aliphatic carbocycles. The first-order valence-electron chi connectivity index (χ1n) is 9.51. The lowest BCUT2D eigenvalue weighted by Gasteiger charge is -2.24. The molecule has 1 heterocycles. The molecule has 7 heteroatoms. The summed E-state index contributed by atoms with van der Waals surface area (Å²) >= 11 is 0. The highest BCUT2D eigenvalue weighted by molar-refractivity contribution is 6.27. The van der Waals surface area contributed by atoms with Crippen molar-refractivity contribution in [2.75, 3.05) is 5.32 Å². The van der Waals surface area contributed by atoms with Gasteiger partial charge in [0.15, 0.2) is 5.78 Å². The zero-order chi connectivity index (χ0) is 21.9. The van der Waals surface area contributed by atoms with Crippen molar-refractivity contribution in [1.29, 1.82) is 0 Å². The third-order valence-corrected chi connectivity index (χ3v) is 5.60. The van der Waals surface area contributed by atoms with Crippen molar-refractivity contribution in [3.8, 4) is 16.9 Å². The fraction of sp³-hybridized carbons (Fsp3) is 0.0417. The molecule has 152 valence electrons. The van der Waals surface area contributed by atoms with E-state index in [1.807, 2.05) is 0 Å². The van der Waals surface area contributed by atoms with Crippen molar-refractivity contribution in [3.05, 3.63) is 87.7 Å². The third kappa shape index (κ3) is 2.63. The van der Waals surface area contributed by atoms with Crippen LogP contribution in [0.4, 0.5) is 11.4 Å². The molecule has 0 bridgehead atoms. The standard InChI is InChI=1S/C24H16N2O5/c1-26-17-8-4-7-15-19(17)20(13-5-2-3-6-14(13)22(15)28)21(23(26)29)25-12-9-10-18(27)16(11-12)24(30)31/h2-11,25,27H,1H3,(H,30,31). The number of nitrogens with one attached hydrogen (secondary N) is 1. The van der Waals surface area contributed by atoms with Gasteiger partial charge in [-0.05, 0) is 29.8 Å². The molecule has 0 amide bonds. The molecule has 31 heavy (non-hydrogen) atoms. The van der Waals surface area contributed by atoms with Crippen molar-refractivity contribution in [1.82, 2.24) is 4.57 Å². The lowest BCUT2D eigenvalue weighted by atomic mass is 9.83. The molecule has 0 fully saturated rings. The van der Waals surface area contributed by atoms with Gasteiger partial charge in [0.1, 0.15) is 17.0 Å². The van der Waals surface area contributed by atoms with Gasteiger partial charge in [0.25, 0.3) is 5.56 Å². The zero-order valence-electron chi connectivity index (χ0n) is 16.3. The van der Waals surface area contributed by atoms with Gasteiger partial charge in [0, 0.05) is 34.8 Å². The number of ketones is 1. The number of carboxylic acids is 1. The Kier molecular flexibility index (Phi) is 3.94. The minimum Gasteiger partial charge on any atom is -0.507 e. The van der Waals surface area contributed by atoms with E-state index in [-0.39, 0.29) is 28.3 Å². The molecular formula is C24H16N2O5. The van der Waals surface area contributed by atoms with E-state index in [0.717, 1.165) is 0 Å². The van der Waals surface area contributed by atoms with Crippen molar-refractivity contribution in [2.45, 2.75) is 0 Å². The van der Waals surface area contributed by atoms with Crippen LogP contribution < -0.4 is 10.9 Å². The number of aromatic hydroxyl groups is 1. The normalized spacial score (nSPS) is 12.0. The summed E-state index contributed by atoms with van der Waals surface area (Å²) in [6, 6.07) is 16.4. The third-order valence-electron chi connectivity index (χ3n) is 5.60. The number of aromatic carboxylic acids is 1. The molecule has 0 unspecified atom stereocenters. The Morgan fingerprint density at radius 3 is 2.39 bits per heavy atom. The van der Waals surface area contributed by atoms with Crippen LogP contribution in [0.1, 0.15) is 26.3 Å². The number of rotatable bonds is 3. The molecule has 3 aromatic carbocycles. The van der Waals surface area contributed by atoms with Crippen LogP contribution in [0.2, 0.25) is 0 Å². The SMILES string of the molecule is Cn1c(=O)c(Nc2ccc(O)c(C(=O)O)c2)c2c3c(cccc31)C(=O)c1ccccc1-2. The molecule has 0 saturated heterocycles. The number of carbonyl (C=O) groups is 2. The predicted octanol–water partition coefficient (Wildman–Crippen LogP) is 3.90. The average Bonchev–Trinajstić information content (AvgIpc) is 2.77. The highest BCUT2D eigenvalue weighted by Gasteiger charge is 2.29. The molecule has 7 nitrogen and oxygen atoms in total. The van der Waals surface area contributed by atoms with Crippen molar-refractivity contribution >= 4 is 34.0 Å². The molecular weight excluding hydrogens is 396 g/mol. The number of aryl methyl sites for hydroxylation is 1. The van der Waals surface area contributed by atoms with E-state index in [1.54, 1.807) is 49.5 Å². The quantitative estimate of drug-likeness (QED) is 0.388. The Labute approximate surface area is 175 Å². The van der Waals surface area contributed by atoms with Gasteiger partial charge in [-0.2, -0.15) is 0 Å². The zero-order valence-corrected chi connectivity index (χ0v) is 16.3. The van der Waals surface area contributed by atoms with Crippen LogP contribution in [0.15, 0.2) is 65.5 Å². The van der Waals surface area contributed by atoms with Gasteiger partial charge >= 0.3 is 5.97 Å². The second kappa shape index (κ2) is 6.56. The van der Waals surface area contributed by atoms with E-state index in [2.05, 4.69) is 5.32 Å². The first-order chi connectivity index (χ1) is 14.9. The van der Waals surface area contributed by atoms with Crippen LogP contribution in [-0.2, 0) is 7.05 Å². The number of phenols is 1. The van der Waals surface area contributed by atoms with Crippen LogP contribution in [0.5, 0.6) is 5.75 Å². The molecule has 0 atom stereocenters. The molecule has 0 radical (unpaired) electrons. The molecule has 0 aliphatic heterocycles. The highest BCUT2D eigenvalue weighted by atomic mass is 16.4. The van der Waals surface area contributed by atoms with Gasteiger partial charge in [-0.25, -0.2) is 4.79 Å². The number of anilines is 2. The topological polar surface area (TPSA) is 109 Å². The smallest absolute Gasteiger partial charge is 0.339 e.